The summed E-state index contributed by atoms with van der Waals surface area (Å²) in [4.78, 5) is 14.1. The molecule has 90 valence electrons. The predicted octanol–water partition coefficient (Wildman–Crippen LogP) is 1.70. The van der Waals surface area contributed by atoms with Gasteiger partial charge in [0.1, 0.15) is 0 Å². The Morgan fingerprint density at radius 2 is 2.00 bits per heavy atom. The van der Waals surface area contributed by atoms with Crippen LogP contribution in [-0.2, 0) is 4.79 Å². The molecule has 2 aliphatic heterocycles. The Bertz CT molecular complexity index is 265. The summed E-state index contributed by atoms with van der Waals surface area (Å²) in [6.07, 6.45) is 8.87. The highest BCUT2D eigenvalue weighted by atomic mass is 16.2. The van der Waals surface area contributed by atoms with Gasteiger partial charge in [-0.15, -0.1) is 0 Å². The zero-order valence-electron chi connectivity index (χ0n) is 10.0. The third kappa shape index (κ3) is 3.34. The molecule has 0 aromatic rings. The maximum atomic E-state index is 12.1. The highest BCUT2D eigenvalue weighted by Gasteiger charge is 2.17. The van der Waals surface area contributed by atoms with Gasteiger partial charge in [0.25, 0.3) is 0 Å². The molecule has 0 radical (unpaired) electrons. The van der Waals surface area contributed by atoms with Gasteiger partial charge in [0, 0.05) is 26.1 Å². The van der Waals surface area contributed by atoms with E-state index in [4.69, 9.17) is 0 Å². The maximum Gasteiger partial charge on any atom is 0.226 e. The third-order valence-corrected chi connectivity index (χ3v) is 3.44. The van der Waals surface area contributed by atoms with Gasteiger partial charge in [-0.1, -0.05) is 24.5 Å². The maximum absolute atomic E-state index is 12.1. The first-order valence-corrected chi connectivity index (χ1v) is 6.52. The van der Waals surface area contributed by atoms with Gasteiger partial charge in [0.05, 0.1) is 0 Å². The zero-order valence-corrected chi connectivity index (χ0v) is 10.0. The lowest BCUT2D eigenvalue weighted by molar-refractivity contribution is -0.130. The summed E-state index contributed by atoms with van der Waals surface area (Å²) in [5, 5.41) is 3.32. The number of carbonyl (C=O) groups is 1. The highest BCUT2D eigenvalue weighted by Crippen LogP contribution is 2.13. The standard InChI is InChI=1S/C13H22N2O/c16-13(10-12-6-5-7-14-11-12)15-8-3-1-2-4-9-15/h6,14H,1-5,7-11H2. The van der Waals surface area contributed by atoms with Crippen LogP contribution in [0.5, 0.6) is 0 Å². The van der Waals surface area contributed by atoms with Gasteiger partial charge in [0.15, 0.2) is 0 Å². The van der Waals surface area contributed by atoms with Gasteiger partial charge in [-0.3, -0.25) is 4.79 Å². The Morgan fingerprint density at radius 3 is 2.62 bits per heavy atom. The lowest BCUT2D eigenvalue weighted by Gasteiger charge is -2.22. The van der Waals surface area contributed by atoms with Crippen LogP contribution >= 0.6 is 0 Å². The SMILES string of the molecule is O=C(CC1=CCCNC1)N1CCCCCC1. The minimum Gasteiger partial charge on any atom is -0.342 e. The molecule has 0 unspecified atom stereocenters. The molecule has 0 spiro atoms. The third-order valence-electron chi connectivity index (χ3n) is 3.44. The van der Waals surface area contributed by atoms with E-state index in [0.717, 1.165) is 32.6 Å². The van der Waals surface area contributed by atoms with E-state index in [1.807, 2.05) is 0 Å². The number of nitrogens with zero attached hydrogens (tertiary/aromatic N) is 1. The molecule has 2 aliphatic rings. The van der Waals surface area contributed by atoms with Crippen LogP contribution in [-0.4, -0.2) is 37.0 Å². The molecule has 1 amide bonds. The Kier molecular flexibility index (Phi) is 4.40. The van der Waals surface area contributed by atoms with Crippen molar-refractivity contribution in [2.75, 3.05) is 26.2 Å². The summed E-state index contributed by atoms with van der Waals surface area (Å²) in [5.41, 5.74) is 1.28. The van der Waals surface area contributed by atoms with Gasteiger partial charge in [-0.2, -0.15) is 0 Å². The van der Waals surface area contributed by atoms with Crippen LogP contribution in [0.3, 0.4) is 0 Å². The molecule has 2 rings (SSSR count). The lowest BCUT2D eigenvalue weighted by Crippen LogP contribution is -2.33. The summed E-state index contributed by atoms with van der Waals surface area (Å²) in [6, 6.07) is 0. The van der Waals surface area contributed by atoms with Gasteiger partial charge in [0.2, 0.25) is 5.91 Å². The van der Waals surface area contributed by atoms with Crippen molar-refractivity contribution in [2.24, 2.45) is 0 Å². The molecule has 0 atom stereocenters. The van der Waals surface area contributed by atoms with Gasteiger partial charge < -0.3 is 10.2 Å². The number of rotatable bonds is 2. The van der Waals surface area contributed by atoms with Gasteiger partial charge in [-0.05, 0) is 25.8 Å². The second-order valence-corrected chi connectivity index (χ2v) is 4.80. The molecule has 0 aromatic heterocycles. The van der Waals surface area contributed by atoms with E-state index in [-0.39, 0.29) is 0 Å². The van der Waals surface area contributed by atoms with E-state index in [1.54, 1.807) is 0 Å². The first-order valence-electron chi connectivity index (χ1n) is 6.52. The highest BCUT2D eigenvalue weighted by molar-refractivity contribution is 5.78. The van der Waals surface area contributed by atoms with Crippen molar-refractivity contribution in [3.05, 3.63) is 11.6 Å². The van der Waals surface area contributed by atoms with Crippen molar-refractivity contribution in [2.45, 2.75) is 38.5 Å². The van der Waals surface area contributed by atoms with Crippen LogP contribution in [0.25, 0.3) is 0 Å². The largest absolute Gasteiger partial charge is 0.342 e. The zero-order chi connectivity index (χ0) is 11.2. The van der Waals surface area contributed by atoms with Crippen molar-refractivity contribution in [1.29, 1.82) is 0 Å². The molecule has 16 heavy (non-hydrogen) atoms. The van der Waals surface area contributed by atoms with Crippen LogP contribution in [0.15, 0.2) is 11.6 Å². The van der Waals surface area contributed by atoms with Crippen molar-refractivity contribution in [3.8, 4) is 0 Å². The number of carbonyl (C=O) groups excluding carboxylic acids is 1. The molecule has 3 nitrogen and oxygen atoms in total. The summed E-state index contributed by atoms with van der Waals surface area (Å²) in [7, 11) is 0. The van der Waals surface area contributed by atoms with Gasteiger partial charge >= 0.3 is 0 Å². The number of likely N-dealkylation sites (tertiary alicyclic amines) is 1. The molecule has 0 saturated carbocycles. The quantitative estimate of drug-likeness (QED) is 0.721. The van der Waals surface area contributed by atoms with Crippen molar-refractivity contribution < 1.29 is 4.79 Å². The summed E-state index contributed by atoms with van der Waals surface area (Å²) in [6.45, 7) is 3.90. The van der Waals surface area contributed by atoms with Crippen LogP contribution in [0, 0.1) is 0 Å². The molecule has 2 heterocycles. The fourth-order valence-corrected chi connectivity index (χ4v) is 2.46. The predicted molar refractivity (Wildman–Crippen MR) is 65.2 cm³/mol. The van der Waals surface area contributed by atoms with Crippen molar-refractivity contribution in [1.82, 2.24) is 10.2 Å². The van der Waals surface area contributed by atoms with Crippen LogP contribution in [0.2, 0.25) is 0 Å². The van der Waals surface area contributed by atoms with E-state index in [2.05, 4.69) is 16.3 Å². The van der Waals surface area contributed by atoms with Crippen LogP contribution in [0.1, 0.15) is 38.5 Å². The summed E-state index contributed by atoms with van der Waals surface area (Å²) >= 11 is 0. The summed E-state index contributed by atoms with van der Waals surface area (Å²) < 4.78 is 0. The van der Waals surface area contributed by atoms with E-state index in [9.17, 15) is 4.79 Å². The van der Waals surface area contributed by atoms with Crippen molar-refractivity contribution in [3.63, 3.8) is 0 Å². The average Bonchev–Trinajstić information content (AvgIpc) is 2.59. The molecule has 0 aromatic carbocycles. The van der Waals surface area contributed by atoms with Crippen molar-refractivity contribution >= 4 is 5.91 Å². The first kappa shape index (κ1) is 11.6. The minimum absolute atomic E-state index is 0.330. The van der Waals surface area contributed by atoms with Crippen LogP contribution in [0.4, 0.5) is 0 Å². The molecule has 0 bridgehead atoms. The normalized spacial score (nSPS) is 22.5. The number of nitrogens with one attached hydrogen (secondary N) is 1. The molecule has 0 aliphatic carbocycles. The fourth-order valence-electron chi connectivity index (χ4n) is 2.46. The van der Waals surface area contributed by atoms with E-state index in [0.29, 0.717) is 12.3 Å². The monoisotopic (exact) mass is 222 g/mol. The minimum atomic E-state index is 0.330. The van der Waals surface area contributed by atoms with E-state index >= 15 is 0 Å². The Morgan fingerprint density at radius 1 is 1.25 bits per heavy atom. The topological polar surface area (TPSA) is 32.3 Å². The number of hydrogen-bond acceptors (Lipinski definition) is 2. The smallest absolute Gasteiger partial charge is 0.226 e. The molecule has 3 heteroatoms. The second kappa shape index (κ2) is 6.04. The second-order valence-electron chi connectivity index (χ2n) is 4.80. The van der Waals surface area contributed by atoms with E-state index in [1.165, 1.54) is 31.3 Å². The number of hydrogen-bond donors (Lipinski definition) is 1. The number of amides is 1. The fraction of sp³-hybridized carbons (Fsp3) is 0.769. The molecular formula is C13H22N2O. The first-order chi connectivity index (χ1) is 7.86. The Labute approximate surface area is 97.9 Å². The lowest BCUT2D eigenvalue weighted by atomic mass is 10.1. The Hall–Kier alpha value is -0.830. The molecule has 1 fully saturated rings. The molecule has 1 saturated heterocycles. The van der Waals surface area contributed by atoms with Gasteiger partial charge in [-0.25, -0.2) is 0 Å². The molecular weight excluding hydrogens is 200 g/mol. The Balaban J connectivity index is 1.83. The van der Waals surface area contributed by atoms with E-state index < -0.39 is 0 Å². The summed E-state index contributed by atoms with van der Waals surface area (Å²) in [5.74, 6) is 0.330. The van der Waals surface area contributed by atoms with Crippen LogP contribution < -0.4 is 5.32 Å². The average molecular weight is 222 g/mol. The molecule has 1 N–H and O–H groups in total.